The Morgan fingerprint density at radius 2 is 1.88 bits per heavy atom. The highest BCUT2D eigenvalue weighted by Gasteiger charge is 2.26. The van der Waals surface area contributed by atoms with Gasteiger partial charge in [-0.05, 0) is 42.2 Å². The molecule has 0 spiro atoms. The number of allylic oxidation sites excluding steroid dienone is 2. The molecule has 1 aliphatic rings. The van der Waals surface area contributed by atoms with E-state index in [4.69, 9.17) is 5.73 Å². The largest absolute Gasteiger partial charge is 0.398 e. The Balaban J connectivity index is 2.17. The summed E-state index contributed by atoms with van der Waals surface area (Å²) in [4.78, 5) is 0. The SMILES string of the molecule is CC(C)(C)C1CC=C(c2ccccc2N)CC1. The molecule has 0 aliphatic heterocycles. The van der Waals surface area contributed by atoms with Crippen LogP contribution < -0.4 is 5.73 Å². The quantitative estimate of drug-likeness (QED) is 0.705. The van der Waals surface area contributed by atoms with Crippen LogP contribution in [0.15, 0.2) is 30.3 Å². The molecule has 0 bridgehead atoms. The van der Waals surface area contributed by atoms with Crippen molar-refractivity contribution in [2.45, 2.75) is 40.0 Å². The summed E-state index contributed by atoms with van der Waals surface area (Å²) >= 11 is 0. The molecule has 0 radical (unpaired) electrons. The van der Waals surface area contributed by atoms with Gasteiger partial charge in [-0.25, -0.2) is 0 Å². The lowest BCUT2D eigenvalue weighted by Crippen LogP contribution is -2.22. The van der Waals surface area contributed by atoms with Crippen molar-refractivity contribution >= 4 is 11.3 Å². The number of nitrogen functional groups attached to an aromatic ring is 1. The van der Waals surface area contributed by atoms with E-state index in [0.29, 0.717) is 5.41 Å². The van der Waals surface area contributed by atoms with Gasteiger partial charge in [-0.2, -0.15) is 0 Å². The third-order valence-corrected chi connectivity index (χ3v) is 3.94. The Kier molecular flexibility index (Phi) is 3.28. The molecule has 1 heteroatoms. The molecule has 0 saturated carbocycles. The van der Waals surface area contributed by atoms with Crippen LogP contribution in [0.3, 0.4) is 0 Å². The van der Waals surface area contributed by atoms with Gasteiger partial charge in [0.25, 0.3) is 0 Å². The summed E-state index contributed by atoms with van der Waals surface area (Å²) in [7, 11) is 0. The molecule has 0 fully saturated rings. The van der Waals surface area contributed by atoms with Crippen LogP contribution in [0.25, 0.3) is 5.57 Å². The van der Waals surface area contributed by atoms with Gasteiger partial charge in [0.2, 0.25) is 0 Å². The molecule has 1 aromatic rings. The van der Waals surface area contributed by atoms with Gasteiger partial charge in [-0.3, -0.25) is 0 Å². The highest BCUT2D eigenvalue weighted by atomic mass is 14.6. The Morgan fingerprint density at radius 1 is 1.18 bits per heavy atom. The third-order valence-electron chi connectivity index (χ3n) is 3.94. The topological polar surface area (TPSA) is 26.0 Å². The maximum absolute atomic E-state index is 6.03. The number of anilines is 1. The fourth-order valence-electron chi connectivity index (χ4n) is 2.65. The molecule has 1 aliphatic carbocycles. The number of hydrogen-bond acceptors (Lipinski definition) is 1. The van der Waals surface area contributed by atoms with Crippen LogP contribution in [0, 0.1) is 11.3 Å². The standard InChI is InChI=1S/C16H23N/c1-16(2,3)13-10-8-12(9-11-13)14-6-4-5-7-15(14)17/h4-8,13H,9-11,17H2,1-3H3. The Morgan fingerprint density at radius 3 is 2.41 bits per heavy atom. The maximum Gasteiger partial charge on any atom is 0.0390 e. The molecule has 0 amide bonds. The molecule has 2 rings (SSSR count). The number of hydrogen-bond donors (Lipinski definition) is 1. The maximum atomic E-state index is 6.03. The summed E-state index contributed by atoms with van der Waals surface area (Å²) in [5, 5.41) is 0. The Labute approximate surface area is 105 Å². The second kappa shape index (κ2) is 4.56. The van der Waals surface area contributed by atoms with Gasteiger partial charge in [-0.15, -0.1) is 0 Å². The van der Waals surface area contributed by atoms with E-state index in [-0.39, 0.29) is 0 Å². The van der Waals surface area contributed by atoms with E-state index in [1.807, 2.05) is 12.1 Å². The van der Waals surface area contributed by atoms with Crippen LogP contribution in [0.4, 0.5) is 5.69 Å². The molecule has 17 heavy (non-hydrogen) atoms. The molecule has 0 saturated heterocycles. The van der Waals surface area contributed by atoms with Crippen LogP contribution in [0.5, 0.6) is 0 Å². The van der Waals surface area contributed by atoms with Crippen molar-refractivity contribution < 1.29 is 0 Å². The van der Waals surface area contributed by atoms with Crippen molar-refractivity contribution in [2.75, 3.05) is 5.73 Å². The molecule has 0 heterocycles. The number of nitrogens with two attached hydrogens (primary N) is 1. The second-order valence-electron chi connectivity index (χ2n) is 6.15. The molecule has 1 atom stereocenters. The minimum absolute atomic E-state index is 0.421. The van der Waals surface area contributed by atoms with Crippen LogP contribution in [0.1, 0.15) is 45.6 Å². The van der Waals surface area contributed by atoms with E-state index in [2.05, 4.69) is 39.0 Å². The van der Waals surface area contributed by atoms with Gasteiger partial charge in [-0.1, -0.05) is 45.0 Å². The zero-order valence-electron chi connectivity index (χ0n) is 11.2. The van der Waals surface area contributed by atoms with Gasteiger partial charge < -0.3 is 5.73 Å². The molecular weight excluding hydrogens is 206 g/mol. The summed E-state index contributed by atoms with van der Waals surface area (Å²) in [6, 6.07) is 8.20. The first-order valence-electron chi connectivity index (χ1n) is 6.52. The lowest BCUT2D eigenvalue weighted by Gasteiger charge is -2.33. The predicted octanol–water partition coefficient (Wildman–Crippen LogP) is 4.50. The number of benzene rings is 1. The zero-order valence-corrected chi connectivity index (χ0v) is 11.2. The van der Waals surface area contributed by atoms with E-state index in [0.717, 1.165) is 18.0 Å². The Hall–Kier alpha value is -1.24. The lowest BCUT2D eigenvalue weighted by molar-refractivity contribution is 0.225. The van der Waals surface area contributed by atoms with Gasteiger partial charge in [0.05, 0.1) is 0 Å². The van der Waals surface area contributed by atoms with E-state index in [1.54, 1.807) is 0 Å². The van der Waals surface area contributed by atoms with E-state index < -0.39 is 0 Å². The van der Waals surface area contributed by atoms with Crippen molar-refractivity contribution in [3.05, 3.63) is 35.9 Å². The second-order valence-corrected chi connectivity index (χ2v) is 6.15. The molecule has 1 nitrogen and oxygen atoms in total. The molecular formula is C16H23N. The van der Waals surface area contributed by atoms with Crippen molar-refractivity contribution in [1.82, 2.24) is 0 Å². The first-order valence-corrected chi connectivity index (χ1v) is 6.52. The molecule has 2 N–H and O–H groups in total. The highest BCUT2D eigenvalue weighted by Crippen LogP contribution is 2.40. The van der Waals surface area contributed by atoms with Gasteiger partial charge in [0, 0.05) is 11.3 Å². The normalized spacial score (nSPS) is 21.1. The first kappa shape index (κ1) is 12.2. The summed E-state index contributed by atoms with van der Waals surface area (Å²) in [6.45, 7) is 7.02. The fraction of sp³-hybridized carbons (Fsp3) is 0.500. The van der Waals surface area contributed by atoms with Gasteiger partial charge in [0.15, 0.2) is 0 Å². The lowest BCUT2D eigenvalue weighted by atomic mass is 9.72. The minimum atomic E-state index is 0.421. The van der Waals surface area contributed by atoms with E-state index in [1.165, 1.54) is 24.0 Å². The first-order chi connectivity index (χ1) is 7.98. The minimum Gasteiger partial charge on any atom is -0.398 e. The van der Waals surface area contributed by atoms with Crippen LogP contribution in [-0.2, 0) is 0 Å². The highest BCUT2D eigenvalue weighted by molar-refractivity contribution is 5.75. The summed E-state index contributed by atoms with van der Waals surface area (Å²) in [5.41, 5.74) is 10.0. The van der Waals surface area contributed by atoms with Crippen molar-refractivity contribution in [2.24, 2.45) is 11.3 Å². The van der Waals surface area contributed by atoms with Crippen molar-refractivity contribution in [3.8, 4) is 0 Å². The van der Waals surface area contributed by atoms with E-state index >= 15 is 0 Å². The molecule has 92 valence electrons. The van der Waals surface area contributed by atoms with Crippen LogP contribution >= 0.6 is 0 Å². The molecule has 0 aromatic heterocycles. The van der Waals surface area contributed by atoms with Crippen LogP contribution in [-0.4, -0.2) is 0 Å². The summed E-state index contributed by atoms with van der Waals surface area (Å²) < 4.78 is 0. The van der Waals surface area contributed by atoms with Crippen molar-refractivity contribution in [1.29, 1.82) is 0 Å². The van der Waals surface area contributed by atoms with Gasteiger partial charge >= 0.3 is 0 Å². The summed E-state index contributed by atoms with van der Waals surface area (Å²) in [6.07, 6.45) is 6.03. The van der Waals surface area contributed by atoms with Crippen molar-refractivity contribution in [3.63, 3.8) is 0 Å². The zero-order chi connectivity index (χ0) is 12.5. The third kappa shape index (κ3) is 2.71. The average Bonchev–Trinajstić information content (AvgIpc) is 2.29. The average molecular weight is 229 g/mol. The fourth-order valence-corrected chi connectivity index (χ4v) is 2.65. The number of rotatable bonds is 1. The van der Waals surface area contributed by atoms with Crippen LogP contribution in [0.2, 0.25) is 0 Å². The monoisotopic (exact) mass is 229 g/mol. The summed E-state index contributed by atoms with van der Waals surface area (Å²) in [5.74, 6) is 0.802. The predicted molar refractivity (Wildman–Crippen MR) is 75.6 cm³/mol. The smallest absolute Gasteiger partial charge is 0.0390 e. The molecule has 1 unspecified atom stereocenters. The Bertz CT molecular complexity index is 423. The molecule has 1 aromatic carbocycles. The number of para-hydroxylation sites is 1. The van der Waals surface area contributed by atoms with Gasteiger partial charge in [0.1, 0.15) is 0 Å². The van der Waals surface area contributed by atoms with E-state index in [9.17, 15) is 0 Å².